The molecule has 2 saturated heterocycles. The lowest BCUT2D eigenvalue weighted by atomic mass is 9.93. The predicted octanol–water partition coefficient (Wildman–Crippen LogP) is 2.20. The van der Waals surface area contributed by atoms with Gasteiger partial charge in [-0.3, -0.25) is 4.79 Å². The van der Waals surface area contributed by atoms with Crippen molar-refractivity contribution < 1.29 is 23.1 Å². The van der Waals surface area contributed by atoms with E-state index in [-0.39, 0.29) is 30.1 Å². The molecule has 0 unspecified atom stereocenters. The topological polar surface area (TPSA) is 127 Å². The number of rotatable bonds is 8. The van der Waals surface area contributed by atoms with Crippen LogP contribution in [0.1, 0.15) is 48.7 Å². The number of aliphatic hydroxyl groups excluding tert-OH is 1. The van der Waals surface area contributed by atoms with E-state index in [0.717, 1.165) is 56.0 Å². The Morgan fingerprint density at radius 1 is 1.12 bits per heavy atom. The van der Waals surface area contributed by atoms with E-state index in [2.05, 4.69) is 31.8 Å². The van der Waals surface area contributed by atoms with E-state index in [1.165, 1.54) is 18.9 Å². The first-order valence-corrected chi connectivity index (χ1v) is 16.1. The van der Waals surface area contributed by atoms with Crippen LogP contribution in [0.2, 0.25) is 0 Å². The highest BCUT2D eigenvalue weighted by atomic mass is 32.2. The molecule has 1 amide bonds. The number of morpholine rings is 1. The Morgan fingerprint density at radius 3 is 2.61 bits per heavy atom. The van der Waals surface area contributed by atoms with E-state index < -0.39 is 10.0 Å². The molecule has 3 N–H and O–H groups in total. The van der Waals surface area contributed by atoms with Gasteiger partial charge in [0.15, 0.2) is 5.82 Å². The number of benzene rings is 1. The second-order valence-corrected chi connectivity index (χ2v) is 13.6. The zero-order chi connectivity index (χ0) is 28.8. The molecule has 12 heteroatoms. The maximum atomic E-state index is 13.8. The van der Waals surface area contributed by atoms with Crippen LogP contribution in [-0.4, -0.2) is 90.0 Å². The van der Waals surface area contributed by atoms with Crippen molar-refractivity contribution in [3.05, 3.63) is 35.5 Å². The van der Waals surface area contributed by atoms with Crippen molar-refractivity contribution in [3.63, 3.8) is 0 Å². The SMILES string of the molecule is C[C@H]1CN(c2nc(C(=O)Nc3ccc(S(=O)(=O)NCCO)cc3N3CCC4(CC3)CC4)cc3c2N(C)CC3)CCO1. The van der Waals surface area contributed by atoms with Crippen LogP contribution in [0.3, 0.4) is 0 Å². The van der Waals surface area contributed by atoms with Gasteiger partial charge in [0.2, 0.25) is 10.0 Å². The summed E-state index contributed by atoms with van der Waals surface area (Å²) in [6.45, 7) is 6.20. The molecule has 4 aliphatic rings. The Morgan fingerprint density at radius 2 is 1.90 bits per heavy atom. The molecule has 3 fully saturated rings. The van der Waals surface area contributed by atoms with Gasteiger partial charge in [-0.1, -0.05) is 0 Å². The Hall–Kier alpha value is -2.93. The number of nitrogens with zero attached hydrogens (tertiary/aromatic N) is 4. The van der Waals surface area contributed by atoms with Crippen molar-refractivity contribution in [2.75, 3.05) is 79.5 Å². The summed E-state index contributed by atoms with van der Waals surface area (Å²) in [5, 5.41) is 12.2. The van der Waals surface area contributed by atoms with E-state index in [0.29, 0.717) is 42.2 Å². The van der Waals surface area contributed by atoms with Crippen molar-refractivity contribution >= 4 is 38.8 Å². The summed E-state index contributed by atoms with van der Waals surface area (Å²) in [6.07, 6.45) is 5.55. The average molecular weight is 585 g/mol. The van der Waals surface area contributed by atoms with Gasteiger partial charge in [-0.2, -0.15) is 0 Å². The highest BCUT2D eigenvalue weighted by Crippen LogP contribution is 2.54. The third kappa shape index (κ3) is 5.75. The third-order valence-electron chi connectivity index (χ3n) is 8.98. The number of anilines is 4. The van der Waals surface area contributed by atoms with Crippen LogP contribution in [0.25, 0.3) is 0 Å². The van der Waals surface area contributed by atoms with Crippen molar-refractivity contribution in [3.8, 4) is 0 Å². The number of pyridine rings is 1. The first-order valence-electron chi connectivity index (χ1n) is 14.6. The minimum atomic E-state index is -3.81. The van der Waals surface area contributed by atoms with E-state index in [1.807, 2.05) is 13.0 Å². The molecule has 1 spiro atoms. The molecule has 1 aromatic carbocycles. The molecule has 1 saturated carbocycles. The van der Waals surface area contributed by atoms with Gasteiger partial charge in [-0.25, -0.2) is 18.1 Å². The average Bonchev–Trinajstić information content (AvgIpc) is 3.62. The van der Waals surface area contributed by atoms with Crippen LogP contribution in [0.15, 0.2) is 29.2 Å². The smallest absolute Gasteiger partial charge is 0.274 e. The number of piperidine rings is 1. The largest absolute Gasteiger partial charge is 0.395 e. The van der Waals surface area contributed by atoms with Gasteiger partial charge in [0.25, 0.3) is 5.91 Å². The molecular formula is C29H40N6O5S. The molecule has 6 rings (SSSR count). The Kier molecular flexibility index (Phi) is 7.60. The van der Waals surface area contributed by atoms with Crippen molar-refractivity contribution in [1.29, 1.82) is 0 Å². The van der Waals surface area contributed by atoms with Gasteiger partial charge in [0.05, 0.1) is 41.3 Å². The van der Waals surface area contributed by atoms with Gasteiger partial charge in [-0.05, 0) is 74.3 Å². The van der Waals surface area contributed by atoms with Crippen molar-refractivity contribution in [2.45, 2.75) is 50.0 Å². The number of fused-ring (bicyclic) bond motifs is 1. The Bertz CT molecular complexity index is 1420. The second-order valence-electron chi connectivity index (χ2n) is 11.9. The van der Waals surface area contributed by atoms with E-state index in [1.54, 1.807) is 12.1 Å². The molecule has 3 aliphatic heterocycles. The number of ether oxygens (including phenoxy) is 1. The molecule has 1 aliphatic carbocycles. The zero-order valence-corrected chi connectivity index (χ0v) is 24.7. The lowest BCUT2D eigenvalue weighted by Crippen LogP contribution is -2.42. The van der Waals surface area contributed by atoms with Gasteiger partial charge in [-0.15, -0.1) is 0 Å². The zero-order valence-electron chi connectivity index (χ0n) is 23.9. The minimum absolute atomic E-state index is 0.0637. The lowest BCUT2D eigenvalue weighted by Gasteiger charge is -2.35. The monoisotopic (exact) mass is 584 g/mol. The first-order chi connectivity index (χ1) is 19.7. The number of carbonyl (C=O) groups excluding carboxylic acids is 1. The Labute approximate surface area is 241 Å². The normalized spacial score (nSPS) is 21.7. The van der Waals surface area contributed by atoms with Crippen LogP contribution >= 0.6 is 0 Å². The maximum absolute atomic E-state index is 13.8. The number of amides is 1. The van der Waals surface area contributed by atoms with Gasteiger partial charge >= 0.3 is 0 Å². The lowest BCUT2D eigenvalue weighted by molar-refractivity contribution is 0.0530. The van der Waals surface area contributed by atoms with Crippen molar-refractivity contribution in [2.24, 2.45) is 5.41 Å². The number of nitrogens with one attached hydrogen (secondary N) is 2. The molecule has 1 aromatic heterocycles. The third-order valence-corrected chi connectivity index (χ3v) is 10.4. The molecule has 2 aromatic rings. The molecule has 0 bridgehead atoms. The number of carbonyl (C=O) groups is 1. The van der Waals surface area contributed by atoms with E-state index >= 15 is 0 Å². The summed E-state index contributed by atoms with van der Waals surface area (Å²) >= 11 is 0. The molecule has 41 heavy (non-hydrogen) atoms. The summed E-state index contributed by atoms with van der Waals surface area (Å²) in [7, 11) is -1.75. The van der Waals surface area contributed by atoms with Crippen LogP contribution < -0.4 is 24.7 Å². The molecule has 11 nitrogen and oxygen atoms in total. The fourth-order valence-corrected chi connectivity index (χ4v) is 7.37. The molecule has 0 radical (unpaired) electrons. The summed E-state index contributed by atoms with van der Waals surface area (Å²) in [4.78, 5) is 25.3. The number of sulfonamides is 1. The fourth-order valence-electron chi connectivity index (χ4n) is 6.32. The van der Waals surface area contributed by atoms with Crippen molar-refractivity contribution in [1.82, 2.24) is 9.71 Å². The van der Waals surface area contributed by atoms with Gasteiger partial charge in [0.1, 0.15) is 5.69 Å². The highest BCUT2D eigenvalue weighted by molar-refractivity contribution is 7.89. The van der Waals surface area contributed by atoms with Crippen LogP contribution in [0.5, 0.6) is 0 Å². The number of hydrogen-bond acceptors (Lipinski definition) is 9. The number of aliphatic hydroxyl groups is 1. The van der Waals surface area contributed by atoms with E-state index in [4.69, 9.17) is 14.8 Å². The van der Waals surface area contributed by atoms with Crippen LogP contribution in [0.4, 0.5) is 22.9 Å². The molecule has 1 atom stereocenters. The number of hydrogen-bond donors (Lipinski definition) is 3. The summed E-state index contributed by atoms with van der Waals surface area (Å²) in [6, 6.07) is 6.67. The van der Waals surface area contributed by atoms with Gasteiger partial charge in [0, 0.05) is 46.3 Å². The maximum Gasteiger partial charge on any atom is 0.274 e. The minimum Gasteiger partial charge on any atom is -0.395 e. The van der Waals surface area contributed by atoms with Crippen LogP contribution in [0, 0.1) is 5.41 Å². The van der Waals surface area contributed by atoms with E-state index in [9.17, 15) is 13.2 Å². The number of aromatic nitrogens is 1. The quantitative estimate of drug-likeness (QED) is 0.428. The standard InChI is InChI=1S/C29H40N6O5S/c1-20-19-35(14-16-40-20)27-26-21(5-11-33(26)2)17-24(31-27)28(37)32-23-4-3-22(41(38,39)30-10-15-36)18-25(23)34-12-8-29(6-7-29)9-13-34/h3-4,17-18,20,30,36H,5-16,19H2,1-2H3,(H,32,37)/t20-/m0/s1. The van der Waals surface area contributed by atoms with Crippen LogP contribution in [-0.2, 0) is 21.2 Å². The Balaban J connectivity index is 1.31. The van der Waals surface area contributed by atoms with Gasteiger partial charge < -0.3 is 29.9 Å². The second kappa shape index (κ2) is 11.0. The summed E-state index contributed by atoms with van der Waals surface area (Å²) in [5.74, 6) is 0.487. The first kappa shape index (κ1) is 28.2. The fraction of sp³-hybridized carbons (Fsp3) is 0.586. The predicted molar refractivity (Wildman–Crippen MR) is 159 cm³/mol. The molecule has 222 valence electrons. The summed E-state index contributed by atoms with van der Waals surface area (Å²) < 4.78 is 33.9. The molecule has 4 heterocycles. The molecular weight excluding hydrogens is 544 g/mol. The summed E-state index contributed by atoms with van der Waals surface area (Å²) in [5.41, 5.74) is 4.21. The highest BCUT2D eigenvalue weighted by Gasteiger charge is 2.44. The number of likely N-dealkylation sites (N-methyl/N-ethyl adjacent to an activating group) is 1.